The minimum atomic E-state index is -0.573. The number of methoxy groups -OCH3 is 1. The number of primary amides is 1. The van der Waals surface area contributed by atoms with Gasteiger partial charge in [0.15, 0.2) is 0 Å². The second-order valence-corrected chi connectivity index (χ2v) is 5.46. The zero-order valence-electron chi connectivity index (χ0n) is 10.7. The molecule has 0 fully saturated rings. The van der Waals surface area contributed by atoms with Gasteiger partial charge in [-0.3, -0.25) is 4.79 Å². The van der Waals surface area contributed by atoms with Gasteiger partial charge in [-0.15, -0.1) is 0 Å². The summed E-state index contributed by atoms with van der Waals surface area (Å²) in [7, 11) is 1.58. The maximum atomic E-state index is 11.5. The molecule has 20 heavy (non-hydrogen) atoms. The van der Waals surface area contributed by atoms with Crippen LogP contribution in [0.1, 0.15) is 10.4 Å². The summed E-state index contributed by atoms with van der Waals surface area (Å²) in [6.07, 6.45) is 0. The highest BCUT2D eigenvalue weighted by atomic mass is 35.5. The third-order valence-electron chi connectivity index (χ3n) is 2.61. The molecular formula is C14H13ClN2O2S. The van der Waals surface area contributed by atoms with Gasteiger partial charge in [-0.25, -0.2) is 0 Å². The van der Waals surface area contributed by atoms with Crippen LogP contribution >= 0.6 is 23.4 Å². The Morgan fingerprint density at radius 2 is 2.00 bits per heavy atom. The number of hydrogen-bond donors (Lipinski definition) is 2. The first-order valence-electron chi connectivity index (χ1n) is 5.72. The summed E-state index contributed by atoms with van der Waals surface area (Å²) >= 11 is 7.49. The monoisotopic (exact) mass is 308 g/mol. The van der Waals surface area contributed by atoms with Crippen LogP contribution < -0.4 is 16.2 Å². The highest BCUT2D eigenvalue weighted by Gasteiger charge is 2.16. The van der Waals surface area contributed by atoms with E-state index in [2.05, 4.69) is 0 Å². The summed E-state index contributed by atoms with van der Waals surface area (Å²) in [5.41, 5.74) is 11.8. The standard InChI is InChI=1S/C14H13ClN2O2S/c1-19-11-4-2-3-5-12(11)20-13-9(14(17)18)6-8(16)7-10(13)15/h2-7H,16H2,1H3,(H2,17,18). The Morgan fingerprint density at radius 1 is 1.30 bits per heavy atom. The molecule has 2 aromatic carbocycles. The molecule has 4 nitrogen and oxygen atoms in total. The molecule has 0 atom stereocenters. The van der Waals surface area contributed by atoms with E-state index in [0.29, 0.717) is 26.9 Å². The number of nitrogen functional groups attached to an aromatic ring is 1. The Labute approximate surface area is 126 Å². The minimum Gasteiger partial charge on any atom is -0.496 e. The molecule has 0 radical (unpaired) electrons. The fourth-order valence-corrected chi connectivity index (χ4v) is 3.10. The predicted molar refractivity (Wildman–Crippen MR) is 81.5 cm³/mol. The molecule has 6 heteroatoms. The zero-order valence-corrected chi connectivity index (χ0v) is 12.3. The Hall–Kier alpha value is -1.85. The summed E-state index contributed by atoms with van der Waals surface area (Å²) in [6.45, 7) is 0. The smallest absolute Gasteiger partial charge is 0.249 e. The van der Waals surface area contributed by atoms with Crippen molar-refractivity contribution in [3.05, 3.63) is 47.0 Å². The van der Waals surface area contributed by atoms with E-state index in [1.54, 1.807) is 13.2 Å². The Morgan fingerprint density at radius 3 is 2.65 bits per heavy atom. The third kappa shape index (κ3) is 3.00. The van der Waals surface area contributed by atoms with Crippen molar-refractivity contribution in [2.75, 3.05) is 12.8 Å². The highest BCUT2D eigenvalue weighted by Crippen LogP contribution is 2.40. The topological polar surface area (TPSA) is 78.3 Å². The van der Waals surface area contributed by atoms with Gasteiger partial charge in [-0.05, 0) is 24.3 Å². The molecule has 2 aromatic rings. The Balaban J connectivity index is 2.50. The number of rotatable bonds is 4. The lowest BCUT2D eigenvalue weighted by Gasteiger charge is -2.12. The summed E-state index contributed by atoms with van der Waals surface area (Å²) < 4.78 is 5.28. The molecule has 0 spiro atoms. The van der Waals surface area contributed by atoms with Crippen molar-refractivity contribution in [2.45, 2.75) is 9.79 Å². The van der Waals surface area contributed by atoms with E-state index in [-0.39, 0.29) is 0 Å². The number of anilines is 1. The molecule has 0 aliphatic rings. The van der Waals surface area contributed by atoms with Crippen LogP contribution in [0.5, 0.6) is 5.75 Å². The largest absolute Gasteiger partial charge is 0.496 e. The number of ether oxygens (including phenoxy) is 1. The van der Waals surface area contributed by atoms with Gasteiger partial charge in [0.05, 0.1) is 22.6 Å². The maximum absolute atomic E-state index is 11.5. The molecule has 4 N–H and O–H groups in total. The molecule has 1 amide bonds. The van der Waals surface area contributed by atoms with E-state index >= 15 is 0 Å². The lowest BCUT2D eigenvalue weighted by molar-refractivity contribution is 0.0997. The van der Waals surface area contributed by atoms with Crippen LogP contribution in [-0.2, 0) is 0 Å². The fourth-order valence-electron chi connectivity index (χ4n) is 1.71. The molecule has 0 saturated carbocycles. The van der Waals surface area contributed by atoms with Crippen molar-refractivity contribution in [1.82, 2.24) is 0 Å². The third-order valence-corrected chi connectivity index (χ3v) is 4.22. The van der Waals surface area contributed by atoms with E-state index in [0.717, 1.165) is 4.90 Å². The number of benzene rings is 2. The van der Waals surface area contributed by atoms with E-state index in [1.165, 1.54) is 17.8 Å². The molecule has 104 valence electrons. The van der Waals surface area contributed by atoms with Crippen molar-refractivity contribution in [2.24, 2.45) is 5.73 Å². The first-order chi connectivity index (χ1) is 9.52. The molecule has 0 heterocycles. The van der Waals surface area contributed by atoms with Gasteiger partial charge in [-0.2, -0.15) is 0 Å². The quantitative estimate of drug-likeness (QED) is 0.850. The van der Waals surface area contributed by atoms with Crippen molar-refractivity contribution < 1.29 is 9.53 Å². The van der Waals surface area contributed by atoms with Crippen molar-refractivity contribution in [3.63, 3.8) is 0 Å². The van der Waals surface area contributed by atoms with E-state index in [1.807, 2.05) is 24.3 Å². The molecular weight excluding hydrogens is 296 g/mol. The lowest BCUT2D eigenvalue weighted by Crippen LogP contribution is -2.13. The summed E-state index contributed by atoms with van der Waals surface area (Å²) in [4.78, 5) is 12.9. The molecule has 0 aliphatic heterocycles. The summed E-state index contributed by atoms with van der Waals surface area (Å²) in [6, 6.07) is 10.6. The summed E-state index contributed by atoms with van der Waals surface area (Å²) in [5, 5.41) is 0.384. The fraction of sp³-hybridized carbons (Fsp3) is 0.0714. The van der Waals surface area contributed by atoms with Crippen molar-refractivity contribution in [1.29, 1.82) is 0 Å². The molecule has 0 aromatic heterocycles. The SMILES string of the molecule is COc1ccccc1Sc1c(Cl)cc(N)cc1C(N)=O. The van der Waals surface area contributed by atoms with Gasteiger partial charge >= 0.3 is 0 Å². The lowest BCUT2D eigenvalue weighted by atomic mass is 10.2. The van der Waals surface area contributed by atoms with Gasteiger partial charge < -0.3 is 16.2 Å². The van der Waals surface area contributed by atoms with E-state index in [4.69, 9.17) is 27.8 Å². The van der Waals surface area contributed by atoms with Crippen LogP contribution in [0.3, 0.4) is 0 Å². The van der Waals surface area contributed by atoms with Crippen LogP contribution in [0, 0.1) is 0 Å². The number of para-hydroxylation sites is 1. The molecule has 0 aliphatic carbocycles. The van der Waals surface area contributed by atoms with Crippen molar-refractivity contribution >= 4 is 35.0 Å². The first kappa shape index (κ1) is 14.6. The van der Waals surface area contributed by atoms with Gasteiger partial charge in [0, 0.05) is 10.6 Å². The van der Waals surface area contributed by atoms with Gasteiger partial charge in [0.25, 0.3) is 0 Å². The Kier molecular flexibility index (Phi) is 4.42. The van der Waals surface area contributed by atoms with Crippen LogP contribution in [-0.4, -0.2) is 13.0 Å². The maximum Gasteiger partial charge on any atom is 0.249 e. The van der Waals surface area contributed by atoms with Crippen LogP contribution in [0.2, 0.25) is 5.02 Å². The molecule has 0 unspecified atom stereocenters. The number of amides is 1. The first-order valence-corrected chi connectivity index (χ1v) is 6.92. The zero-order chi connectivity index (χ0) is 14.7. The van der Waals surface area contributed by atoms with Crippen LogP contribution in [0.4, 0.5) is 5.69 Å². The predicted octanol–water partition coefficient (Wildman–Crippen LogP) is 3.18. The van der Waals surface area contributed by atoms with Crippen LogP contribution in [0.25, 0.3) is 0 Å². The second-order valence-electron chi connectivity index (χ2n) is 4.00. The number of nitrogens with two attached hydrogens (primary N) is 2. The number of hydrogen-bond acceptors (Lipinski definition) is 4. The van der Waals surface area contributed by atoms with E-state index in [9.17, 15) is 4.79 Å². The number of carbonyl (C=O) groups excluding carboxylic acids is 1. The second kappa shape index (κ2) is 6.07. The average molecular weight is 309 g/mol. The summed E-state index contributed by atoms with van der Waals surface area (Å²) in [5.74, 6) is 0.123. The number of halogens is 1. The Bertz CT molecular complexity index is 662. The van der Waals surface area contributed by atoms with Gasteiger partial charge in [-0.1, -0.05) is 35.5 Å². The minimum absolute atomic E-state index is 0.297. The highest BCUT2D eigenvalue weighted by molar-refractivity contribution is 7.99. The molecule has 0 saturated heterocycles. The van der Waals surface area contributed by atoms with Gasteiger partial charge in [0.2, 0.25) is 5.91 Å². The van der Waals surface area contributed by atoms with Gasteiger partial charge in [0.1, 0.15) is 5.75 Å². The van der Waals surface area contributed by atoms with Crippen LogP contribution in [0.15, 0.2) is 46.2 Å². The van der Waals surface area contributed by atoms with E-state index < -0.39 is 5.91 Å². The molecule has 2 rings (SSSR count). The normalized spacial score (nSPS) is 10.3. The average Bonchev–Trinajstić information content (AvgIpc) is 2.41. The number of carbonyl (C=O) groups is 1. The molecule has 0 bridgehead atoms. The van der Waals surface area contributed by atoms with Crippen molar-refractivity contribution in [3.8, 4) is 5.75 Å².